The van der Waals surface area contributed by atoms with Crippen LogP contribution >= 0.6 is 11.6 Å². The molecule has 0 spiro atoms. The van der Waals surface area contributed by atoms with Gasteiger partial charge in [-0.2, -0.15) is 0 Å². The minimum atomic E-state index is -0.981. The van der Waals surface area contributed by atoms with E-state index >= 15 is 0 Å². The molecule has 1 aliphatic carbocycles. The van der Waals surface area contributed by atoms with Crippen molar-refractivity contribution in [3.63, 3.8) is 0 Å². The van der Waals surface area contributed by atoms with Crippen LogP contribution in [0.4, 0.5) is 4.39 Å². The summed E-state index contributed by atoms with van der Waals surface area (Å²) in [6, 6.07) is 10.4. The summed E-state index contributed by atoms with van der Waals surface area (Å²) in [6.07, 6.45) is 0. The number of hydrogen-bond donors (Lipinski definition) is 0. The van der Waals surface area contributed by atoms with Gasteiger partial charge in [-0.3, -0.25) is 9.59 Å². The molecular formula is C15H8ClFO2. The number of carbonyl (C=O) groups is 2. The highest BCUT2D eigenvalue weighted by Gasteiger charge is 2.39. The Morgan fingerprint density at radius 2 is 1.53 bits per heavy atom. The maximum Gasteiger partial charge on any atom is 0.178 e. The highest BCUT2D eigenvalue weighted by atomic mass is 35.5. The Bertz CT molecular complexity index is 654. The molecule has 94 valence electrons. The molecule has 0 bridgehead atoms. The number of rotatable bonds is 1. The second-order valence-electron chi connectivity index (χ2n) is 4.41. The molecule has 4 heteroatoms. The number of carbonyl (C=O) groups excluding carboxylic acids is 2. The van der Waals surface area contributed by atoms with Crippen molar-refractivity contribution in [1.29, 1.82) is 0 Å². The molecule has 1 aliphatic rings. The second-order valence-corrected chi connectivity index (χ2v) is 4.85. The lowest BCUT2D eigenvalue weighted by Crippen LogP contribution is -2.13. The molecule has 0 fully saturated rings. The first-order valence-electron chi connectivity index (χ1n) is 5.71. The number of ketones is 2. The van der Waals surface area contributed by atoms with Gasteiger partial charge in [0.05, 0.1) is 0 Å². The Morgan fingerprint density at radius 1 is 0.947 bits per heavy atom. The molecule has 19 heavy (non-hydrogen) atoms. The van der Waals surface area contributed by atoms with Gasteiger partial charge >= 0.3 is 0 Å². The largest absolute Gasteiger partial charge is 0.293 e. The average molecular weight is 275 g/mol. The third-order valence-electron chi connectivity index (χ3n) is 3.20. The van der Waals surface area contributed by atoms with Crippen LogP contribution in [-0.2, 0) is 0 Å². The van der Waals surface area contributed by atoms with Gasteiger partial charge in [-0.15, -0.1) is 0 Å². The topological polar surface area (TPSA) is 34.1 Å². The van der Waals surface area contributed by atoms with Crippen LogP contribution < -0.4 is 0 Å². The summed E-state index contributed by atoms with van der Waals surface area (Å²) in [4.78, 5) is 24.5. The summed E-state index contributed by atoms with van der Waals surface area (Å²) in [5.41, 5.74) is 1.08. The van der Waals surface area contributed by atoms with Crippen LogP contribution in [0.3, 0.4) is 0 Å². The smallest absolute Gasteiger partial charge is 0.178 e. The molecule has 2 aromatic rings. The van der Waals surface area contributed by atoms with Crippen molar-refractivity contribution in [3.05, 3.63) is 70.0 Å². The van der Waals surface area contributed by atoms with Crippen LogP contribution in [0.5, 0.6) is 0 Å². The standard InChI is InChI=1S/C15H8ClFO2/c16-9-5-8(6-10(17)7-9)13-14(18)11-3-1-2-4-12(11)15(13)19/h1-7,13H. The number of benzene rings is 2. The summed E-state index contributed by atoms with van der Waals surface area (Å²) in [6.45, 7) is 0. The van der Waals surface area contributed by atoms with E-state index in [-0.39, 0.29) is 16.6 Å². The zero-order valence-electron chi connectivity index (χ0n) is 9.69. The second kappa shape index (κ2) is 4.28. The Kier molecular flexibility index (Phi) is 2.72. The van der Waals surface area contributed by atoms with Gasteiger partial charge in [0.25, 0.3) is 0 Å². The van der Waals surface area contributed by atoms with Crippen molar-refractivity contribution in [3.8, 4) is 0 Å². The fourth-order valence-electron chi connectivity index (χ4n) is 2.39. The lowest BCUT2D eigenvalue weighted by atomic mass is 9.94. The van der Waals surface area contributed by atoms with Gasteiger partial charge in [-0.25, -0.2) is 4.39 Å². The first kappa shape index (κ1) is 12.1. The number of Topliss-reactive ketones (excluding diaryl/α,β-unsaturated/α-hetero) is 2. The SMILES string of the molecule is O=C1c2ccccc2C(=O)C1c1cc(F)cc(Cl)c1. The molecule has 0 heterocycles. The molecule has 0 aliphatic heterocycles. The molecule has 0 saturated carbocycles. The van der Waals surface area contributed by atoms with Gasteiger partial charge < -0.3 is 0 Å². The quantitative estimate of drug-likeness (QED) is 0.744. The lowest BCUT2D eigenvalue weighted by molar-refractivity contribution is 0.0890. The Balaban J connectivity index is 2.14. The molecule has 0 amide bonds. The average Bonchev–Trinajstić information content (AvgIpc) is 2.61. The van der Waals surface area contributed by atoms with Crippen LogP contribution in [0.25, 0.3) is 0 Å². The normalized spacial score (nSPS) is 14.8. The number of hydrogen-bond acceptors (Lipinski definition) is 2. The van der Waals surface area contributed by atoms with Crippen molar-refractivity contribution in [2.75, 3.05) is 0 Å². The molecular weight excluding hydrogens is 267 g/mol. The van der Waals surface area contributed by atoms with E-state index in [1.54, 1.807) is 24.3 Å². The van der Waals surface area contributed by atoms with E-state index in [4.69, 9.17) is 11.6 Å². The molecule has 0 radical (unpaired) electrons. The fourth-order valence-corrected chi connectivity index (χ4v) is 2.62. The molecule has 0 unspecified atom stereocenters. The van der Waals surface area contributed by atoms with Gasteiger partial charge in [0.15, 0.2) is 11.6 Å². The van der Waals surface area contributed by atoms with Crippen molar-refractivity contribution in [1.82, 2.24) is 0 Å². The van der Waals surface area contributed by atoms with E-state index < -0.39 is 11.7 Å². The summed E-state index contributed by atoms with van der Waals surface area (Å²) in [7, 11) is 0. The minimum Gasteiger partial charge on any atom is -0.293 e. The fraction of sp³-hybridized carbons (Fsp3) is 0.0667. The molecule has 0 N–H and O–H groups in total. The third-order valence-corrected chi connectivity index (χ3v) is 3.42. The Labute approximate surface area is 113 Å². The summed E-state index contributed by atoms with van der Waals surface area (Å²) in [5, 5.41) is 0.173. The minimum absolute atomic E-state index is 0.173. The maximum absolute atomic E-state index is 13.4. The first-order valence-corrected chi connectivity index (χ1v) is 6.09. The zero-order chi connectivity index (χ0) is 13.6. The summed E-state index contributed by atoms with van der Waals surface area (Å²) >= 11 is 5.77. The Hall–Kier alpha value is -2.00. The number of halogens is 2. The highest BCUT2D eigenvalue weighted by molar-refractivity contribution is 6.32. The van der Waals surface area contributed by atoms with Gasteiger partial charge in [0.2, 0.25) is 0 Å². The highest BCUT2D eigenvalue weighted by Crippen LogP contribution is 2.35. The van der Waals surface area contributed by atoms with E-state index in [2.05, 4.69) is 0 Å². The molecule has 2 nitrogen and oxygen atoms in total. The van der Waals surface area contributed by atoms with Gasteiger partial charge in [0, 0.05) is 16.1 Å². The van der Waals surface area contributed by atoms with Crippen molar-refractivity contribution < 1.29 is 14.0 Å². The molecule has 2 aromatic carbocycles. The van der Waals surface area contributed by atoms with E-state index in [0.29, 0.717) is 16.7 Å². The molecule has 0 atom stereocenters. The van der Waals surface area contributed by atoms with Crippen LogP contribution in [0, 0.1) is 5.82 Å². The van der Waals surface area contributed by atoms with Crippen LogP contribution in [0.2, 0.25) is 5.02 Å². The molecule has 0 saturated heterocycles. The van der Waals surface area contributed by atoms with Crippen molar-refractivity contribution in [2.24, 2.45) is 0 Å². The molecule has 0 aromatic heterocycles. The first-order chi connectivity index (χ1) is 9.08. The van der Waals surface area contributed by atoms with Crippen LogP contribution in [0.1, 0.15) is 32.2 Å². The summed E-state index contributed by atoms with van der Waals surface area (Å²) < 4.78 is 13.4. The van der Waals surface area contributed by atoms with Gasteiger partial charge in [-0.1, -0.05) is 35.9 Å². The summed E-state index contributed by atoms with van der Waals surface area (Å²) in [5.74, 6) is -2.14. The number of fused-ring (bicyclic) bond motifs is 1. The van der Waals surface area contributed by atoms with Crippen LogP contribution in [0.15, 0.2) is 42.5 Å². The lowest BCUT2D eigenvalue weighted by Gasteiger charge is -2.07. The Morgan fingerprint density at radius 3 is 2.05 bits per heavy atom. The molecule has 3 rings (SSSR count). The van der Waals surface area contributed by atoms with E-state index in [1.807, 2.05) is 0 Å². The van der Waals surface area contributed by atoms with Gasteiger partial charge in [0.1, 0.15) is 11.7 Å². The van der Waals surface area contributed by atoms with E-state index in [9.17, 15) is 14.0 Å². The monoisotopic (exact) mass is 274 g/mol. The maximum atomic E-state index is 13.4. The third kappa shape index (κ3) is 1.87. The van der Waals surface area contributed by atoms with E-state index in [0.717, 1.165) is 6.07 Å². The van der Waals surface area contributed by atoms with E-state index in [1.165, 1.54) is 12.1 Å². The zero-order valence-corrected chi connectivity index (χ0v) is 10.4. The van der Waals surface area contributed by atoms with Crippen LogP contribution in [-0.4, -0.2) is 11.6 Å². The van der Waals surface area contributed by atoms with Gasteiger partial charge in [-0.05, 0) is 23.8 Å². The predicted molar refractivity (Wildman–Crippen MR) is 69.3 cm³/mol. The van der Waals surface area contributed by atoms with Crippen molar-refractivity contribution >= 4 is 23.2 Å². The predicted octanol–water partition coefficient (Wildman–Crippen LogP) is 3.64. The van der Waals surface area contributed by atoms with Crippen molar-refractivity contribution in [2.45, 2.75) is 5.92 Å².